The van der Waals surface area contributed by atoms with E-state index in [-0.39, 0.29) is 5.75 Å². The monoisotopic (exact) mass is 319 g/mol. The lowest BCUT2D eigenvalue weighted by molar-refractivity contribution is -0.00657. The summed E-state index contributed by atoms with van der Waals surface area (Å²) in [6, 6.07) is 3.52. The summed E-state index contributed by atoms with van der Waals surface area (Å²) in [5, 5.41) is 13.6. The van der Waals surface area contributed by atoms with E-state index in [0.717, 1.165) is 25.7 Å². The highest BCUT2D eigenvalue weighted by atomic mass is 32.2. The highest BCUT2D eigenvalue weighted by Gasteiger charge is 2.31. The number of nitrogens with one attached hydrogen (secondary N) is 1. The Kier molecular flexibility index (Phi) is 6.08. The van der Waals surface area contributed by atoms with Gasteiger partial charge in [0.25, 0.3) is 5.76 Å². The minimum absolute atomic E-state index is 0.180. The standard InChI is InChI=1S/C15H23F2NO2S/c1-11-4-6-15(19,7-5-11)10-18-8-12-2-3-13(20-12)9-21-14(16)17/h2-3,11,14,18-19H,4-10H2,1H3. The molecule has 0 bridgehead atoms. The van der Waals surface area contributed by atoms with Crippen LogP contribution in [0.5, 0.6) is 0 Å². The first-order chi connectivity index (χ1) is 9.97. The van der Waals surface area contributed by atoms with E-state index in [4.69, 9.17) is 4.42 Å². The van der Waals surface area contributed by atoms with Crippen molar-refractivity contribution in [1.29, 1.82) is 0 Å². The first kappa shape index (κ1) is 16.8. The van der Waals surface area contributed by atoms with Crippen LogP contribution >= 0.6 is 11.8 Å². The maximum Gasteiger partial charge on any atom is 0.284 e. The molecule has 0 unspecified atom stereocenters. The smallest absolute Gasteiger partial charge is 0.284 e. The van der Waals surface area contributed by atoms with Gasteiger partial charge >= 0.3 is 0 Å². The van der Waals surface area contributed by atoms with Gasteiger partial charge in [0.15, 0.2) is 0 Å². The second-order valence-electron chi connectivity index (χ2n) is 5.95. The fourth-order valence-electron chi connectivity index (χ4n) is 2.63. The largest absolute Gasteiger partial charge is 0.464 e. The van der Waals surface area contributed by atoms with E-state index in [1.165, 1.54) is 0 Å². The van der Waals surface area contributed by atoms with Gasteiger partial charge in [-0.15, -0.1) is 0 Å². The number of hydrogen-bond donors (Lipinski definition) is 2. The number of thioether (sulfide) groups is 1. The van der Waals surface area contributed by atoms with Crippen molar-refractivity contribution in [2.45, 2.75) is 56.3 Å². The molecule has 2 rings (SSSR count). The molecule has 0 amide bonds. The van der Waals surface area contributed by atoms with Gasteiger partial charge in [-0.25, -0.2) is 0 Å². The summed E-state index contributed by atoms with van der Waals surface area (Å²) in [6.45, 7) is 3.27. The zero-order chi connectivity index (χ0) is 15.3. The number of rotatable bonds is 7. The number of halogens is 2. The second-order valence-corrected chi connectivity index (χ2v) is 6.93. The molecule has 120 valence electrons. The molecule has 1 saturated carbocycles. The molecular formula is C15H23F2NO2S. The zero-order valence-corrected chi connectivity index (χ0v) is 13.1. The van der Waals surface area contributed by atoms with E-state index in [0.29, 0.717) is 42.3 Å². The number of furan rings is 1. The molecule has 3 nitrogen and oxygen atoms in total. The van der Waals surface area contributed by atoms with E-state index in [1.54, 1.807) is 12.1 Å². The van der Waals surface area contributed by atoms with Crippen LogP contribution in [0.3, 0.4) is 0 Å². The fourth-order valence-corrected chi connectivity index (χ4v) is 3.08. The van der Waals surface area contributed by atoms with Gasteiger partial charge in [0.2, 0.25) is 0 Å². The van der Waals surface area contributed by atoms with E-state index < -0.39 is 11.4 Å². The molecular weight excluding hydrogens is 296 g/mol. The molecule has 1 heterocycles. The van der Waals surface area contributed by atoms with Crippen molar-refractivity contribution >= 4 is 11.8 Å². The van der Waals surface area contributed by atoms with Crippen molar-refractivity contribution in [3.8, 4) is 0 Å². The van der Waals surface area contributed by atoms with Gasteiger partial charge in [-0.3, -0.25) is 0 Å². The maximum absolute atomic E-state index is 12.1. The number of hydrogen-bond acceptors (Lipinski definition) is 4. The van der Waals surface area contributed by atoms with Crippen LogP contribution in [0.1, 0.15) is 44.1 Å². The van der Waals surface area contributed by atoms with E-state index in [1.807, 2.05) is 0 Å². The molecule has 0 spiro atoms. The summed E-state index contributed by atoms with van der Waals surface area (Å²) in [6.07, 6.45) is 3.78. The fraction of sp³-hybridized carbons (Fsp3) is 0.733. The Balaban J connectivity index is 1.71. The number of aliphatic hydroxyl groups is 1. The van der Waals surface area contributed by atoms with Gasteiger partial charge in [-0.1, -0.05) is 18.7 Å². The second kappa shape index (κ2) is 7.61. The lowest BCUT2D eigenvalue weighted by Gasteiger charge is -2.35. The molecule has 6 heteroatoms. The average molecular weight is 319 g/mol. The molecule has 1 fully saturated rings. The van der Waals surface area contributed by atoms with Crippen molar-refractivity contribution < 1.29 is 18.3 Å². The number of alkyl halides is 2. The molecule has 0 aromatic carbocycles. The van der Waals surface area contributed by atoms with Gasteiger partial charge in [-0.2, -0.15) is 8.78 Å². The van der Waals surface area contributed by atoms with E-state index >= 15 is 0 Å². The Hall–Kier alpha value is -0.590. The van der Waals surface area contributed by atoms with Crippen LogP contribution in [-0.2, 0) is 12.3 Å². The minimum Gasteiger partial charge on any atom is -0.464 e. The van der Waals surface area contributed by atoms with Crippen molar-refractivity contribution in [3.63, 3.8) is 0 Å². The summed E-state index contributed by atoms with van der Waals surface area (Å²) < 4.78 is 29.6. The summed E-state index contributed by atoms with van der Waals surface area (Å²) in [5.74, 6) is -0.223. The molecule has 0 radical (unpaired) electrons. The molecule has 0 aliphatic heterocycles. The van der Waals surface area contributed by atoms with Crippen LogP contribution in [0.4, 0.5) is 8.78 Å². The first-order valence-corrected chi connectivity index (χ1v) is 8.42. The summed E-state index contributed by atoms with van der Waals surface area (Å²) in [4.78, 5) is 0. The van der Waals surface area contributed by atoms with Crippen LogP contribution in [-0.4, -0.2) is 23.0 Å². The molecule has 1 aromatic rings. The van der Waals surface area contributed by atoms with Crippen LogP contribution in [0.2, 0.25) is 0 Å². The molecule has 1 aliphatic rings. The molecule has 0 saturated heterocycles. The SMILES string of the molecule is CC1CCC(O)(CNCc2ccc(CSC(F)F)o2)CC1. The average Bonchev–Trinajstić information content (AvgIpc) is 2.88. The highest BCUT2D eigenvalue weighted by Crippen LogP contribution is 2.31. The lowest BCUT2D eigenvalue weighted by Crippen LogP contribution is -2.43. The lowest BCUT2D eigenvalue weighted by atomic mass is 9.79. The van der Waals surface area contributed by atoms with Crippen molar-refractivity contribution in [2.75, 3.05) is 6.54 Å². The summed E-state index contributed by atoms with van der Waals surface area (Å²) in [7, 11) is 0. The van der Waals surface area contributed by atoms with Gasteiger partial charge in [0.05, 0.1) is 17.9 Å². The van der Waals surface area contributed by atoms with E-state index in [2.05, 4.69) is 12.2 Å². The molecule has 1 aromatic heterocycles. The highest BCUT2D eigenvalue weighted by molar-refractivity contribution is 7.98. The van der Waals surface area contributed by atoms with Crippen molar-refractivity contribution in [2.24, 2.45) is 5.92 Å². The van der Waals surface area contributed by atoms with Gasteiger partial charge in [0, 0.05) is 6.54 Å². The predicted octanol–water partition coefficient (Wildman–Crippen LogP) is 3.77. The zero-order valence-electron chi connectivity index (χ0n) is 12.3. The molecule has 1 aliphatic carbocycles. The van der Waals surface area contributed by atoms with E-state index in [9.17, 15) is 13.9 Å². The predicted molar refractivity (Wildman–Crippen MR) is 80.3 cm³/mol. The quantitative estimate of drug-likeness (QED) is 0.803. The normalized spacial score (nSPS) is 26.4. The Morgan fingerprint density at radius 1 is 1.38 bits per heavy atom. The summed E-state index contributed by atoms with van der Waals surface area (Å²) >= 11 is 0.556. The van der Waals surface area contributed by atoms with Gasteiger partial charge in [-0.05, 0) is 43.7 Å². The minimum atomic E-state index is -2.38. The first-order valence-electron chi connectivity index (χ1n) is 7.37. The third-order valence-electron chi connectivity index (χ3n) is 4.03. The van der Waals surface area contributed by atoms with Gasteiger partial charge < -0.3 is 14.8 Å². The third kappa shape index (κ3) is 5.60. The Morgan fingerprint density at radius 2 is 2.05 bits per heavy atom. The Morgan fingerprint density at radius 3 is 2.71 bits per heavy atom. The molecule has 0 atom stereocenters. The van der Waals surface area contributed by atoms with Gasteiger partial charge in [0.1, 0.15) is 11.5 Å². The van der Waals surface area contributed by atoms with Crippen LogP contribution in [0.25, 0.3) is 0 Å². The van der Waals surface area contributed by atoms with Crippen LogP contribution < -0.4 is 5.32 Å². The Bertz CT molecular complexity index is 431. The Labute approximate surface area is 128 Å². The third-order valence-corrected chi connectivity index (χ3v) is 4.73. The van der Waals surface area contributed by atoms with Crippen LogP contribution in [0.15, 0.2) is 16.5 Å². The molecule has 21 heavy (non-hydrogen) atoms. The molecule has 2 N–H and O–H groups in total. The summed E-state index contributed by atoms with van der Waals surface area (Å²) in [5.41, 5.74) is -0.618. The van der Waals surface area contributed by atoms with Crippen molar-refractivity contribution in [1.82, 2.24) is 5.32 Å². The maximum atomic E-state index is 12.1. The van der Waals surface area contributed by atoms with Crippen LogP contribution in [0, 0.1) is 5.92 Å². The van der Waals surface area contributed by atoms with Crippen molar-refractivity contribution in [3.05, 3.63) is 23.7 Å². The topological polar surface area (TPSA) is 45.4 Å².